The lowest BCUT2D eigenvalue weighted by molar-refractivity contribution is -0.385. The highest BCUT2D eigenvalue weighted by Gasteiger charge is 2.19. The lowest BCUT2D eigenvalue weighted by Crippen LogP contribution is -2.08. The Morgan fingerprint density at radius 2 is 1.73 bits per heavy atom. The molecule has 0 saturated heterocycles. The minimum Gasteiger partial charge on any atom is -0.454 e. The van der Waals surface area contributed by atoms with Gasteiger partial charge in [-0.05, 0) is 24.6 Å². The maximum absolute atomic E-state index is 12.4. The molecule has 8 nitrogen and oxygen atoms in total. The van der Waals surface area contributed by atoms with Crippen LogP contribution in [0.25, 0.3) is 10.1 Å². The van der Waals surface area contributed by atoms with Crippen molar-refractivity contribution in [1.29, 1.82) is 0 Å². The molecule has 3 aromatic rings. The second kappa shape index (κ2) is 6.89. The van der Waals surface area contributed by atoms with Crippen molar-refractivity contribution in [3.8, 4) is 0 Å². The molecule has 0 aliphatic rings. The van der Waals surface area contributed by atoms with Gasteiger partial charge in [0.1, 0.15) is 11.0 Å². The van der Waals surface area contributed by atoms with E-state index in [-0.39, 0.29) is 11.4 Å². The summed E-state index contributed by atoms with van der Waals surface area (Å²) in [6.45, 7) is 1.62. The van der Waals surface area contributed by atoms with E-state index in [4.69, 9.17) is 4.74 Å². The fraction of sp³-hybridized carbons (Fsp3) is 0.118. The summed E-state index contributed by atoms with van der Waals surface area (Å²) >= 11 is 1.17. The molecule has 9 heteroatoms. The Bertz CT molecular complexity index is 1030. The van der Waals surface area contributed by atoms with Gasteiger partial charge in [-0.25, -0.2) is 4.79 Å². The first-order chi connectivity index (χ1) is 12.3. The van der Waals surface area contributed by atoms with E-state index in [1.54, 1.807) is 19.1 Å². The first-order valence-corrected chi connectivity index (χ1v) is 8.30. The molecule has 0 spiro atoms. The molecule has 0 saturated carbocycles. The second-order valence-electron chi connectivity index (χ2n) is 5.49. The minimum absolute atomic E-state index is 0.0554. The molecule has 0 aliphatic carbocycles. The monoisotopic (exact) mass is 372 g/mol. The first kappa shape index (κ1) is 17.5. The standard InChI is InChI=1S/C17H12N2O6S/c1-10(11-3-2-4-13(7-11)18(21)22)25-17(20)16-9-12-8-14(19(23)24)5-6-15(12)26-16/h2-10H,1H3/t10-/m0/s1. The number of carbonyl (C=O) groups is 1. The third-order valence-electron chi connectivity index (χ3n) is 3.75. The fourth-order valence-corrected chi connectivity index (χ4v) is 3.35. The van der Waals surface area contributed by atoms with Gasteiger partial charge in [0.25, 0.3) is 11.4 Å². The third-order valence-corrected chi connectivity index (χ3v) is 4.84. The van der Waals surface area contributed by atoms with Crippen molar-refractivity contribution in [2.75, 3.05) is 0 Å². The number of hydrogen-bond donors (Lipinski definition) is 0. The largest absolute Gasteiger partial charge is 0.454 e. The Hall–Kier alpha value is -3.33. The molecule has 0 amide bonds. The van der Waals surface area contributed by atoms with Gasteiger partial charge in [0.2, 0.25) is 0 Å². The second-order valence-corrected chi connectivity index (χ2v) is 6.57. The summed E-state index contributed by atoms with van der Waals surface area (Å²) in [5.74, 6) is -0.590. The summed E-state index contributed by atoms with van der Waals surface area (Å²) in [6, 6.07) is 11.8. The number of nitro groups is 2. The van der Waals surface area contributed by atoms with Crippen molar-refractivity contribution in [3.05, 3.63) is 79.2 Å². The van der Waals surface area contributed by atoms with Gasteiger partial charge in [-0.15, -0.1) is 11.3 Å². The van der Waals surface area contributed by atoms with E-state index < -0.39 is 21.9 Å². The Kier molecular flexibility index (Phi) is 4.63. The number of rotatable bonds is 5. The predicted molar refractivity (Wildman–Crippen MR) is 95.4 cm³/mol. The molecule has 0 bridgehead atoms. The van der Waals surface area contributed by atoms with Gasteiger partial charge in [0, 0.05) is 34.4 Å². The van der Waals surface area contributed by atoms with Gasteiger partial charge >= 0.3 is 5.97 Å². The van der Waals surface area contributed by atoms with E-state index in [2.05, 4.69) is 0 Å². The quantitative estimate of drug-likeness (QED) is 0.366. The van der Waals surface area contributed by atoms with Crippen molar-refractivity contribution >= 4 is 38.8 Å². The lowest BCUT2D eigenvalue weighted by atomic mass is 10.1. The average molecular weight is 372 g/mol. The van der Waals surface area contributed by atoms with Crippen LogP contribution in [0.15, 0.2) is 48.5 Å². The maximum Gasteiger partial charge on any atom is 0.348 e. The molecule has 1 atom stereocenters. The molecule has 0 N–H and O–H groups in total. The Morgan fingerprint density at radius 3 is 2.42 bits per heavy atom. The van der Waals surface area contributed by atoms with Crippen molar-refractivity contribution in [3.63, 3.8) is 0 Å². The third kappa shape index (κ3) is 3.52. The molecule has 0 fully saturated rings. The smallest absolute Gasteiger partial charge is 0.348 e. The molecule has 3 rings (SSSR count). The van der Waals surface area contributed by atoms with Gasteiger partial charge in [-0.1, -0.05) is 12.1 Å². The molecule has 1 aromatic heterocycles. The summed E-state index contributed by atoms with van der Waals surface area (Å²) in [6.07, 6.45) is -0.679. The van der Waals surface area contributed by atoms with Crippen molar-refractivity contribution in [1.82, 2.24) is 0 Å². The Morgan fingerprint density at radius 1 is 1.04 bits per heavy atom. The zero-order valence-electron chi connectivity index (χ0n) is 13.4. The number of thiophene rings is 1. The van der Waals surface area contributed by atoms with Crippen molar-refractivity contribution in [2.45, 2.75) is 13.0 Å². The maximum atomic E-state index is 12.4. The Balaban J connectivity index is 1.81. The van der Waals surface area contributed by atoms with Crippen LogP contribution < -0.4 is 0 Å². The highest BCUT2D eigenvalue weighted by atomic mass is 32.1. The summed E-state index contributed by atoms with van der Waals surface area (Å²) in [5, 5.41) is 22.3. The molecular formula is C17H12N2O6S. The molecule has 1 heterocycles. The average Bonchev–Trinajstić information content (AvgIpc) is 3.05. The summed E-state index contributed by atoms with van der Waals surface area (Å²) in [5.41, 5.74) is 0.365. The first-order valence-electron chi connectivity index (χ1n) is 7.48. The number of hydrogen-bond acceptors (Lipinski definition) is 7. The number of carbonyl (C=O) groups excluding carboxylic acids is 1. The number of esters is 1. The van der Waals surface area contributed by atoms with Gasteiger partial charge in [0.15, 0.2) is 0 Å². The molecular weight excluding hydrogens is 360 g/mol. The highest BCUT2D eigenvalue weighted by Crippen LogP contribution is 2.31. The van der Waals surface area contributed by atoms with E-state index in [1.807, 2.05) is 0 Å². The molecule has 0 aliphatic heterocycles. The Labute approximate surface area is 150 Å². The lowest BCUT2D eigenvalue weighted by Gasteiger charge is -2.12. The van der Waals surface area contributed by atoms with Crippen LogP contribution in [0.1, 0.15) is 28.3 Å². The van der Waals surface area contributed by atoms with Crippen LogP contribution in [0.2, 0.25) is 0 Å². The van der Waals surface area contributed by atoms with Crippen molar-refractivity contribution in [2.24, 2.45) is 0 Å². The predicted octanol–water partition coefficient (Wildman–Crippen LogP) is 4.64. The van der Waals surface area contributed by atoms with E-state index >= 15 is 0 Å². The van der Waals surface area contributed by atoms with Crippen LogP contribution in [0.4, 0.5) is 11.4 Å². The van der Waals surface area contributed by atoms with E-state index in [0.717, 1.165) is 4.70 Å². The van der Waals surface area contributed by atoms with E-state index in [9.17, 15) is 25.0 Å². The van der Waals surface area contributed by atoms with Crippen molar-refractivity contribution < 1.29 is 19.4 Å². The molecule has 26 heavy (non-hydrogen) atoms. The number of ether oxygens (including phenoxy) is 1. The van der Waals surface area contributed by atoms with Crippen LogP contribution in [0.5, 0.6) is 0 Å². The van der Waals surface area contributed by atoms with Gasteiger partial charge in [0.05, 0.1) is 9.85 Å². The zero-order valence-corrected chi connectivity index (χ0v) is 14.3. The number of nitro benzene ring substituents is 2. The van der Waals surface area contributed by atoms with Crippen LogP contribution in [-0.4, -0.2) is 15.8 Å². The van der Waals surface area contributed by atoms with Gasteiger partial charge in [-0.3, -0.25) is 20.2 Å². The molecule has 132 valence electrons. The number of benzene rings is 2. The summed E-state index contributed by atoms with van der Waals surface area (Å²) in [4.78, 5) is 33.3. The van der Waals surface area contributed by atoms with E-state index in [0.29, 0.717) is 15.8 Å². The minimum atomic E-state index is -0.679. The number of nitrogens with zero attached hydrogens (tertiary/aromatic N) is 2. The fourth-order valence-electron chi connectivity index (χ4n) is 2.42. The van der Waals surface area contributed by atoms with Crippen LogP contribution in [0.3, 0.4) is 0 Å². The van der Waals surface area contributed by atoms with Crippen LogP contribution in [-0.2, 0) is 4.74 Å². The van der Waals surface area contributed by atoms with Gasteiger partial charge in [-0.2, -0.15) is 0 Å². The van der Waals surface area contributed by atoms with Gasteiger partial charge < -0.3 is 4.74 Å². The van der Waals surface area contributed by atoms with Crippen LogP contribution in [0, 0.1) is 20.2 Å². The zero-order chi connectivity index (χ0) is 18.8. The normalized spacial score (nSPS) is 11.9. The number of non-ortho nitro benzene ring substituents is 2. The molecule has 0 unspecified atom stereocenters. The summed E-state index contributed by atoms with van der Waals surface area (Å²) in [7, 11) is 0. The van der Waals surface area contributed by atoms with E-state index in [1.165, 1.54) is 47.7 Å². The topological polar surface area (TPSA) is 113 Å². The SMILES string of the molecule is C[C@H](OC(=O)c1cc2cc([N+](=O)[O-])ccc2s1)c1cccc([N+](=O)[O-])c1. The van der Waals surface area contributed by atoms with Crippen LogP contribution >= 0.6 is 11.3 Å². The highest BCUT2D eigenvalue weighted by molar-refractivity contribution is 7.20. The molecule has 2 aromatic carbocycles. The number of fused-ring (bicyclic) bond motifs is 1. The summed E-state index contributed by atoms with van der Waals surface area (Å²) < 4.78 is 6.11. The molecule has 0 radical (unpaired) electrons.